The summed E-state index contributed by atoms with van der Waals surface area (Å²) in [4.78, 5) is 24.8. The van der Waals surface area contributed by atoms with Crippen LogP contribution in [0, 0.1) is 0 Å². The lowest BCUT2D eigenvalue weighted by molar-refractivity contribution is 0.0761. The Balaban J connectivity index is 1.32. The van der Waals surface area contributed by atoms with Gasteiger partial charge in [-0.3, -0.25) is 4.79 Å². The molecule has 4 rings (SSSR count). The number of aryl methyl sites for hydroxylation is 1. The van der Waals surface area contributed by atoms with Crippen LogP contribution >= 0.6 is 0 Å². The van der Waals surface area contributed by atoms with Gasteiger partial charge in [-0.15, -0.1) is 0 Å². The van der Waals surface area contributed by atoms with Crippen molar-refractivity contribution >= 4 is 11.7 Å². The van der Waals surface area contributed by atoms with Crippen LogP contribution in [0.4, 0.5) is 5.82 Å². The highest BCUT2D eigenvalue weighted by Crippen LogP contribution is 2.23. The quantitative estimate of drug-likeness (QED) is 0.730. The summed E-state index contributed by atoms with van der Waals surface area (Å²) in [6.07, 6.45) is 8.79. The van der Waals surface area contributed by atoms with Crippen LogP contribution in [0.15, 0.2) is 48.7 Å². The van der Waals surface area contributed by atoms with E-state index in [1.807, 2.05) is 23.2 Å². The lowest BCUT2D eigenvalue weighted by atomic mass is 10.1. The van der Waals surface area contributed by atoms with Crippen LogP contribution in [-0.4, -0.2) is 66.5 Å². The van der Waals surface area contributed by atoms with E-state index >= 15 is 0 Å². The van der Waals surface area contributed by atoms with Crippen molar-refractivity contribution in [3.8, 4) is 0 Å². The van der Waals surface area contributed by atoms with Crippen LogP contribution in [-0.2, 0) is 6.42 Å². The van der Waals surface area contributed by atoms with E-state index in [4.69, 9.17) is 0 Å². The highest BCUT2D eigenvalue weighted by atomic mass is 16.2. The molecule has 0 unspecified atom stereocenters. The summed E-state index contributed by atoms with van der Waals surface area (Å²) in [7, 11) is 0. The Kier molecular flexibility index (Phi) is 7.35. The first-order chi connectivity index (χ1) is 14.8. The zero-order valence-corrected chi connectivity index (χ0v) is 18.0. The van der Waals surface area contributed by atoms with E-state index in [2.05, 4.69) is 45.1 Å². The van der Waals surface area contributed by atoms with Gasteiger partial charge in [0.2, 0.25) is 0 Å². The van der Waals surface area contributed by atoms with Crippen LogP contribution in [0.1, 0.15) is 48.0 Å². The Morgan fingerprint density at radius 3 is 2.50 bits per heavy atom. The molecule has 0 N–H and O–H groups in total. The van der Waals surface area contributed by atoms with Crippen LogP contribution in [0.5, 0.6) is 0 Å². The summed E-state index contributed by atoms with van der Waals surface area (Å²) in [5.74, 6) is 1.03. The second kappa shape index (κ2) is 10.6. The summed E-state index contributed by atoms with van der Waals surface area (Å²) in [6, 6.07) is 14.6. The first kappa shape index (κ1) is 20.9. The van der Waals surface area contributed by atoms with Gasteiger partial charge in [0.1, 0.15) is 5.82 Å². The predicted molar refractivity (Wildman–Crippen MR) is 122 cm³/mol. The predicted octanol–water partition coefficient (Wildman–Crippen LogP) is 3.85. The zero-order chi connectivity index (χ0) is 20.6. The number of piperidine rings is 1. The van der Waals surface area contributed by atoms with Crippen molar-refractivity contribution in [2.75, 3.05) is 50.7 Å². The van der Waals surface area contributed by atoms with Gasteiger partial charge >= 0.3 is 0 Å². The summed E-state index contributed by atoms with van der Waals surface area (Å²) >= 11 is 0. The SMILES string of the molecule is O=C(c1cccnc1N1CCCCC1)N1CCCN(CCCc2ccccc2)CC1. The highest BCUT2D eigenvalue weighted by Gasteiger charge is 2.25. The Hall–Kier alpha value is -2.40. The Morgan fingerprint density at radius 2 is 1.67 bits per heavy atom. The highest BCUT2D eigenvalue weighted by molar-refractivity contribution is 5.99. The first-order valence-electron chi connectivity index (χ1n) is 11.6. The van der Waals surface area contributed by atoms with Crippen molar-refractivity contribution in [1.82, 2.24) is 14.8 Å². The standard InChI is InChI=1S/C25H34N4O/c30-25(23-13-7-14-26-24(23)28-17-5-2-6-18-28)29-19-9-16-27(20-21-29)15-8-12-22-10-3-1-4-11-22/h1,3-4,7,10-11,13-14H,2,5-6,8-9,12,15-21H2. The molecule has 1 amide bonds. The second-order valence-electron chi connectivity index (χ2n) is 8.50. The minimum atomic E-state index is 0.148. The van der Waals surface area contributed by atoms with Gasteiger partial charge in [-0.1, -0.05) is 30.3 Å². The van der Waals surface area contributed by atoms with Crippen molar-refractivity contribution < 1.29 is 4.79 Å². The van der Waals surface area contributed by atoms with Gasteiger partial charge < -0.3 is 14.7 Å². The molecule has 2 aromatic rings. The maximum Gasteiger partial charge on any atom is 0.257 e. The van der Waals surface area contributed by atoms with Crippen LogP contribution in [0.2, 0.25) is 0 Å². The van der Waals surface area contributed by atoms with Crippen LogP contribution in [0.3, 0.4) is 0 Å². The maximum atomic E-state index is 13.4. The molecule has 0 bridgehead atoms. The monoisotopic (exact) mass is 406 g/mol. The number of pyridine rings is 1. The van der Waals surface area contributed by atoms with Gasteiger partial charge in [-0.25, -0.2) is 4.98 Å². The molecule has 160 valence electrons. The molecule has 0 atom stereocenters. The Labute approximate surface area is 180 Å². The van der Waals surface area contributed by atoms with E-state index in [0.717, 1.165) is 70.0 Å². The molecular formula is C25H34N4O. The van der Waals surface area contributed by atoms with E-state index in [9.17, 15) is 4.79 Å². The minimum Gasteiger partial charge on any atom is -0.356 e. The van der Waals surface area contributed by atoms with Crippen LogP contribution in [0.25, 0.3) is 0 Å². The maximum absolute atomic E-state index is 13.4. The Morgan fingerprint density at radius 1 is 0.833 bits per heavy atom. The zero-order valence-electron chi connectivity index (χ0n) is 18.0. The molecule has 2 aliphatic heterocycles. The van der Waals surface area contributed by atoms with Crippen molar-refractivity contribution in [3.63, 3.8) is 0 Å². The molecule has 0 aliphatic carbocycles. The molecule has 2 saturated heterocycles. The molecule has 0 spiro atoms. The van der Waals surface area contributed by atoms with Crippen molar-refractivity contribution in [3.05, 3.63) is 59.8 Å². The molecule has 0 saturated carbocycles. The number of carbonyl (C=O) groups excluding carboxylic acids is 1. The average molecular weight is 407 g/mol. The lowest BCUT2D eigenvalue weighted by Crippen LogP contribution is -2.37. The molecule has 1 aromatic heterocycles. The topological polar surface area (TPSA) is 39.7 Å². The summed E-state index contributed by atoms with van der Waals surface area (Å²) in [6.45, 7) is 6.78. The number of hydrogen-bond acceptors (Lipinski definition) is 4. The van der Waals surface area contributed by atoms with Crippen molar-refractivity contribution in [2.24, 2.45) is 0 Å². The fraction of sp³-hybridized carbons (Fsp3) is 0.520. The average Bonchev–Trinajstić information content (AvgIpc) is 3.06. The molecule has 2 fully saturated rings. The fourth-order valence-electron chi connectivity index (χ4n) is 4.64. The van der Waals surface area contributed by atoms with Gasteiger partial charge in [0, 0.05) is 38.9 Å². The van der Waals surface area contributed by atoms with E-state index in [1.54, 1.807) is 0 Å². The third-order valence-electron chi connectivity index (χ3n) is 6.33. The van der Waals surface area contributed by atoms with E-state index in [-0.39, 0.29) is 5.91 Å². The number of aromatic nitrogens is 1. The van der Waals surface area contributed by atoms with E-state index < -0.39 is 0 Å². The fourth-order valence-corrected chi connectivity index (χ4v) is 4.64. The smallest absolute Gasteiger partial charge is 0.257 e. The molecule has 2 aliphatic rings. The molecular weight excluding hydrogens is 372 g/mol. The largest absolute Gasteiger partial charge is 0.356 e. The molecule has 1 aromatic carbocycles. The summed E-state index contributed by atoms with van der Waals surface area (Å²) < 4.78 is 0. The number of hydrogen-bond donors (Lipinski definition) is 0. The molecule has 3 heterocycles. The number of rotatable bonds is 6. The van der Waals surface area contributed by atoms with Crippen LogP contribution < -0.4 is 4.90 Å². The first-order valence-corrected chi connectivity index (χ1v) is 11.6. The molecule has 5 nitrogen and oxygen atoms in total. The third kappa shape index (κ3) is 5.39. The van der Waals surface area contributed by atoms with Gasteiger partial charge in [-0.05, 0) is 69.3 Å². The molecule has 5 heteroatoms. The summed E-state index contributed by atoms with van der Waals surface area (Å²) in [5, 5.41) is 0. The number of carbonyl (C=O) groups is 1. The number of amides is 1. The third-order valence-corrected chi connectivity index (χ3v) is 6.33. The van der Waals surface area contributed by atoms with Gasteiger partial charge in [0.25, 0.3) is 5.91 Å². The van der Waals surface area contributed by atoms with E-state index in [0.29, 0.717) is 0 Å². The van der Waals surface area contributed by atoms with Crippen molar-refractivity contribution in [1.29, 1.82) is 0 Å². The van der Waals surface area contributed by atoms with Crippen molar-refractivity contribution in [2.45, 2.75) is 38.5 Å². The minimum absolute atomic E-state index is 0.148. The van der Waals surface area contributed by atoms with Gasteiger partial charge in [0.05, 0.1) is 5.56 Å². The summed E-state index contributed by atoms with van der Waals surface area (Å²) in [5.41, 5.74) is 2.18. The number of nitrogens with zero attached hydrogens (tertiary/aromatic N) is 4. The normalized spacial score (nSPS) is 18.3. The van der Waals surface area contributed by atoms with Gasteiger partial charge in [0.15, 0.2) is 0 Å². The number of anilines is 1. The van der Waals surface area contributed by atoms with Gasteiger partial charge in [-0.2, -0.15) is 0 Å². The Bertz CT molecular complexity index is 804. The molecule has 30 heavy (non-hydrogen) atoms. The second-order valence-corrected chi connectivity index (χ2v) is 8.50. The van der Waals surface area contributed by atoms with E-state index in [1.165, 1.54) is 31.2 Å². The molecule has 0 radical (unpaired) electrons. The lowest BCUT2D eigenvalue weighted by Gasteiger charge is -2.30. The number of benzene rings is 1.